The van der Waals surface area contributed by atoms with Crippen LogP contribution in [0.4, 0.5) is 0 Å². The number of aromatic amines is 1. The Kier molecular flexibility index (Phi) is 7.14. The lowest BCUT2D eigenvalue weighted by Gasteiger charge is -2.20. The van der Waals surface area contributed by atoms with Gasteiger partial charge < -0.3 is 4.90 Å². The van der Waals surface area contributed by atoms with Crippen LogP contribution in [0, 0.1) is 0 Å². The first-order valence-corrected chi connectivity index (χ1v) is 9.64. The van der Waals surface area contributed by atoms with Crippen molar-refractivity contribution in [2.24, 2.45) is 0 Å². The quantitative estimate of drug-likeness (QED) is 0.531. The first kappa shape index (κ1) is 18.8. The van der Waals surface area contributed by atoms with Crippen LogP contribution in [0.25, 0.3) is 0 Å². The predicted molar refractivity (Wildman–Crippen MR) is 98.8 cm³/mol. The standard InChI is InChI=1S/C15H19ClN4O2S2/c1-3-7-19(9-11-5-6-12(16)24-11)13(21)10-23-15-18-17-14(22)20(15)8-4-2/h3,5-6H,1,4,7-10H2,2H3,(H,17,22). The summed E-state index contributed by atoms with van der Waals surface area (Å²) in [5.41, 5.74) is -0.247. The van der Waals surface area contributed by atoms with Gasteiger partial charge in [0.1, 0.15) is 0 Å². The third kappa shape index (κ3) is 4.99. The van der Waals surface area contributed by atoms with Gasteiger partial charge in [0.05, 0.1) is 16.6 Å². The first-order valence-electron chi connectivity index (χ1n) is 7.46. The minimum Gasteiger partial charge on any atom is -0.333 e. The number of carbonyl (C=O) groups is 1. The van der Waals surface area contributed by atoms with E-state index in [0.29, 0.717) is 29.1 Å². The van der Waals surface area contributed by atoms with E-state index < -0.39 is 0 Å². The maximum atomic E-state index is 12.5. The van der Waals surface area contributed by atoms with Crippen molar-refractivity contribution in [1.82, 2.24) is 19.7 Å². The molecule has 0 fully saturated rings. The van der Waals surface area contributed by atoms with E-state index in [2.05, 4.69) is 16.8 Å². The van der Waals surface area contributed by atoms with E-state index >= 15 is 0 Å². The van der Waals surface area contributed by atoms with Crippen molar-refractivity contribution in [3.8, 4) is 0 Å². The fraction of sp³-hybridized carbons (Fsp3) is 0.400. The Morgan fingerprint density at radius 1 is 1.58 bits per heavy atom. The molecular weight excluding hydrogens is 368 g/mol. The molecule has 1 amide bonds. The molecule has 130 valence electrons. The monoisotopic (exact) mass is 386 g/mol. The van der Waals surface area contributed by atoms with E-state index in [4.69, 9.17) is 11.6 Å². The molecule has 2 aromatic rings. The number of thiophene rings is 1. The molecule has 0 unspecified atom stereocenters. The molecule has 0 aliphatic heterocycles. The van der Waals surface area contributed by atoms with Crippen LogP contribution in [-0.2, 0) is 17.9 Å². The number of hydrogen-bond donors (Lipinski definition) is 1. The zero-order chi connectivity index (χ0) is 17.5. The van der Waals surface area contributed by atoms with E-state index in [0.717, 1.165) is 11.3 Å². The van der Waals surface area contributed by atoms with Gasteiger partial charge in [-0.25, -0.2) is 9.89 Å². The highest BCUT2D eigenvalue weighted by atomic mass is 35.5. The third-order valence-corrected chi connectivity index (χ3v) is 5.35. The Bertz CT molecular complexity index is 753. The summed E-state index contributed by atoms with van der Waals surface area (Å²) in [7, 11) is 0. The van der Waals surface area contributed by atoms with Crippen molar-refractivity contribution >= 4 is 40.6 Å². The Morgan fingerprint density at radius 2 is 2.38 bits per heavy atom. The number of nitrogens with one attached hydrogen (secondary N) is 1. The van der Waals surface area contributed by atoms with E-state index in [9.17, 15) is 9.59 Å². The van der Waals surface area contributed by atoms with Crippen molar-refractivity contribution in [2.45, 2.75) is 31.6 Å². The van der Waals surface area contributed by atoms with Gasteiger partial charge in [-0.1, -0.05) is 36.4 Å². The van der Waals surface area contributed by atoms with Crippen LogP contribution in [0.5, 0.6) is 0 Å². The number of H-pyrrole nitrogens is 1. The SMILES string of the molecule is C=CCN(Cc1ccc(Cl)s1)C(=O)CSc1n[nH]c(=O)n1CCC. The summed E-state index contributed by atoms with van der Waals surface area (Å²) in [4.78, 5) is 26.9. The molecule has 2 heterocycles. The van der Waals surface area contributed by atoms with Crippen molar-refractivity contribution in [2.75, 3.05) is 12.3 Å². The minimum absolute atomic E-state index is 0.0390. The van der Waals surface area contributed by atoms with Gasteiger partial charge in [-0.05, 0) is 18.6 Å². The molecule has 9 heteroatoms. The van der Waals surface area contributed by atoms with Crippen molar-refractivity contribution in [1.29, 1.82) is 0 Å². The molecular formula is C15H19ClN4O2S2. The van der Waals surface area contributed by atoms with Gasteiger partial charge in [0.15, 0.2) is 5.16 Å². The van der Waals surface area contributed by atoms with Crippen LogP contribution in [0.2, 0.25) is 4.34 Å². The fourth-order valence-corrected chi connectivity index (χ4v) is 4.07. The van der Waals surface area contributed by atoms with Crippen LogP contribution >= 0.6 is 34.7 Å². The zero-order valence-corrected chi connectivity index (χ0v) is 15.7. The summed E-state index contributed by atoms with van der Waals surface area (Å²) in [6.07, 6.45) is 2.52. The van der Waals surface area contributed by atoms with Crippen LogP contribution in [-0.4, -0.2) is 37.9 Å². The zero-order valence-electron chi connectivity index (χ0n) is 13.3. The Labute approximate surface area is 153 Å². The van der Waals surface area contributed by atoms with Gasteiger partial charge in [-0.2, -0.15) is 0 Å². The molecule has 6 nitrogen and oxygen atoms in total. The molecule has 0 saturated carbocycles. The number of halogens is 1. The second-order valence-corrected chi connectivity index (χ2v) is 7.76. The van der Waals surface area contributed by atoms with E-state index in [1.807, 2.05) is 19.1 Å². The molecule has 2 rings (SSSR count). The summed E-state index contributed by atoms with van der Waals surface area (Å²) < 4.78 is 2.25. The largest absolute Gasteiger partial charge is 0.343 e. The Morgan fingerprint density at radius 3 is 3.00 bits per heavy atom. The van der Waals surface area contributed by atoms with Crippen molar-refractivity contribution in [3.63, 3.8) is 0 Å². The lowest BCUT2D eigenvalue weighted by atomic mass is 10.4. The number of nitrogens with zero attached hydrogens (tertiary/aromatic N) is 3. The normalized spacial score (nSPS) is 10.8. The molecule has 0 atom stereocenters. The van der Waals surface area contributed by atoms with Gasteiger partial charge in [0.2, 0.25) is 5.91 Å². The molecule has 0 spiro atoms. The van der Waals surface area contributed by atoms with Crippen molar-refractivity contribution in [3.05, 3.63) is 44.5 Å². The van der Waals surface area contributed by atoms with Gasteiger partial charge in [-0.15, -0.1) is 23.0 Å². The molecule has 0 aliphatic rings. The topological polar surface area (TPSA) is 71.0 Å². The number of hydrogen-bond acceptors (Lipinski definition) is 5. The van der Waals surface area contributed by atoms with E-state index in [1.54, 1.807) is 15.5 Å². The number of carbonyl (C=O) groups excluding carboxylic acids is 1. The predicted octanol–water partition coefficient (Wildman–Crippen LogP) is 3.00. The fourth-order valence-electron chi connectivity index (χ4n) is 2.09. The third-order valence-electron chi connectivity index (χ3n) is 3.17. The molecule has 0 radical (unpaired) electrons. The van der Waals surface area contributed by atoms with Gasteiger partial charge in [-0.3, -0.25) is 9.36 Å². The highest BCUT2D eigenvalue weighted by Gasteiger charge is 2.16. The lowest BCUT2D eigenvalue weighted by molar-refractivity contribution is -0.128. The second kappa shape index (κ2) is 9.10. The molecule has 0 saturated heterocycles. The Balaban J connectivity index is 2.00. The highest BCUT2D eigenvalue weighted by molar-refractivity contribution is 7.99. The van der Waals surface area contributed by atoms with Gasteiger partial charge in [0.25, 0.3) is 0 Å². The number of aromatic nitrogens is 3. The summed E-state index contributed by atoms with van der Waals surface area (Å²) in [6, 6.07) is 3.73. The molecule has 0 bridgehead atoms. The molecule has 1 N–H and O–H groups in total. The van der Waals surface area contributed by atoms with Crippen LogP contribution in [0.15, 0.2) is 34.7 Å². The number of amides is 1. The summed E-state index contributed by atoms with van der Waals surface area (Å²) >= 11 is 8.65. The van der Waals surface area contributed by atoms with Crippen LogP contribution < -0.4 is 5.69 Å². The minimum atomic E-state index is -0.247. The van der Waals surface area contributed by atoms with Crippen molar-refractivity contribution < 1.29 is 4.79 Å². The summed E-state index contributed by atoms with van der Waals surface area (Å²) in [5, 5.41) is 6.94. The Hall–Kier alpha value is -1.51. The van der Waals surface area contributed by atoms with Gasteiger partial charge >= 0.3 is 5.69 Å². The molecule has 2 aromatic heterocycles. The lowest BCUT2D eigenvalue weighted by Crippen LogP contribution is -2.32. The average molecular weight is 387 g/mol. The van der Waals surface area contributed by atoms with E-state index in [1.165, 1.54) is 23.1 Å². The summed E-state index contributed by atoms with van der Waals surface area (Å²) in [6.45, 7) is 7.21. The smallest absolute Gasteiger partial charge is 0.333 e. The molecule has 24 heavy (non-hydrogen) atoms. The van der Waals surface area contributed by atoms with Crippen LogP contribution in [0.1, 0.15) is 18.2 Å². The molecule has 0 aliphatic carbocycles. The summed E-state index contributed by atoms with van der Waals surface area (Å²) in [5.74, 6) is 0.170. The first-order chi connectivity index (χ1) is 11.5. The number of rotatable bonds is 9. The van der Waals surface area contributed by atoms with E-state index in [-0.39, 0.29) is 17.3 Å². The maximum absolute atomic E-state index is 12.5. The maximum Gasteiger partial charge on any atom is 0.343 e. The average Bonchev–Trinajstić information content (AvgIpc) is 3.12. The van der Waals surface area contributed by atoms with Crippen LogP contribution in [0.3, 0.4) is 0 Å². The number of thioether (sulfide) groups is 1. The highest BCUT2D eigenvalue weighted by Crippen LogP contribution is 2.23. The second-order valence-electron chi connectivity index (χ2n) is 5.02. The molecule has 0 aromatic carbocycles. The van der Waals surface area contributed by atoms with Gasteiger partial charge in [0, 0.05) is 18.0 Å².